The monoisotopic (exact) mass is 478 g/mol. The summed E-state index contributed by atoms with van der Waals surface area (Å²) in [6.45, 7) is 4.46. The van der Waals surface area contributed by atoms with Crippen LogP contribution in [0.1, 0.15) is 39.5 Å². The van der Waals surface area contributed by atoms with E-state index in [4.69, 9.17) is 18.9 Å². The number of hydrogen-bond acceptors (Lipinski definition) is 8. The molecule has 0 aromatic carbocycles. The van der Waals surface area contributed by atoms with E-state index in [0.29, 0.717) is 0 Å². The van der Waals surface area contributed by atoms with Crippen LogP contribution in [0.15, 0.2) is 0 Å². The smallest absolute Gasteiger partial charge is 0.145 e. The fourth-order valence-electron chi connectivity index (χ4n) is 2.63. The number of hydrogen-bond donors (Lipinski definition) is 0. The first-order chi connectivity index (χ1) is 12.6. The summed E-state index contributed by atoms with van der Waals surface area (Å²) in [4.78, 5) is 0. The fraction of sp³-hybridized carbons (Fsp3) is 1.00. The maximum absolute atomic E-state index is 5.71. The Kier molecular flexibility index (Phi) is 18.7. The van der Waals surface area contributed by atoms with Crippen molar-refractivity contribution in [3.8, 4) is 0 Å². The zero-order valence-corrected chi connectivity index (χ0v) is 23.4. The van der Waals surface area contributed by atoms with Crippen molar-refractivity contribution in [2.24, 2.45) is 0 Å². The summed E-state index contributed by atoms with van der Waals surface area (Å²) >= 11 is 0. The van der Waals surface area contributed by atoms with Crippen LogP contribution in [-0.4, -0.2) is 69.8 Å². The van der Waals surface area contributed by atoms with Crippen molar-refractivity contribution in [1.29, 1.82) is 0 Å². The Morgan fingerprint density at radius 1 is 0.654 bits per heavy atom. The van der Waals surface area contributed by atoms with Gasteiger partial charge in [-0.15, -0.1) is 0 Å². The van der Waals surface area contributed by atoms with Crippen LogP contribution in [0, 0.1) is 0 Å². The second-order valence-electron chi connectivity index (χ2n) is 6.13. The van der Waals surface area contributed by atoms with Gasteiger partial charge in [-0.2, -0.15) is 0 Å². The van der Waals surface area contributed by atoms with Crippen molar-refractivity contribution >= 4 is 60.3 Å². The molecular formula is C16H38O4S4Si2. The lowest BCUT2D eigenvalue weighted by atomic mass is 10.4. The molecule has 0 fully saturated rings. The second-order valence-corrected chi connectivity index (χ2v) is 16.9. The van der Waals surface area contributed by atoms with Crippen molar-refractivity contribution in [3.63, 3.8) is 0 Å². The Labute approximate surface area is 181 Å². The van der Waals surface area contributed by atoms with Crippen molar-refractivity contribution in [2.75, 3.05) is 39.9 Å². The van der Waals surface area contributed by atoms with Gasteiger partial charge in [0.15, 0.2) is 0 Å². The van der Waals surface area contributed by atoms with E-state index < -0.39 is 0 Å². The summed E-state index contributed by atoms with van der Waals surface area (Å²) in [5.41, 5.74) is -0.552. The van der Waals surface area contributed by atoms with Gasteiger partial charge in [0, 0.05) is 52.8 Å². The molecule has 0 aromatic rings. The van der Waals surface area contributed by atoms with Crippen LogP contribution in [-0.2, 0) is 18.9 Å². The molecule has 26 heavy (non-hydrogen) atoms. The largest absolute Gasteiger partial charge is 0.358 e. The van der Waals surface area contributed by atoms with Crippen LogP contribution >= 0.6 is 41.2 Å². The molecule has 0 atom stereocenters. The average molecular weight is 479 g/mol. The third kappa shape index (κ3) is 11.6. The molecule has 4 nitrogen and oxygen atoms in total. The Morgan fingerprint density at radius 3 is 1.27 bits per heavy atom. The van der Waals surface area contributed by atoms with E-state index in [9.17, 15) is 0 Å². The van der Waals surface area contributed by atoms with Gasteiger partial charge in [-0.25, -0.2) is 0 Å². The lowest BCUT2D eigenvalue weighted by Crippen LogP contribution is -2.41. The first-order valence-corrected chi connectivity index (χ1v) is 17.9. The highest BCUT2D eigenvalue weighted by molar-refractivity contribution is 9.26. The standard InChI is InChI=1S/C16H38O4S4Si2/c1-7-13-25-15(17-3,18-4)9-11-21-23-24-22-12-10-16(19-5,20-6)26-14-8-2/h7-14,25-26H2,1-6H3. The highest BCUT2D eigenvalue weighted by atomic mass is 33.7. The summed E-state index contributed by atoms with van der Waals surface area (Å²) in [6, 6.07) is 2.54. The SMILES string of the molecule is CCC[SiH2]C(CCSSSSCCC(OC)(OC)[SiH2]CCC)(OC)OC. The third-order valence-electron chi connectivity index (χ3n) is 4.57. The van der Waals surface area contributed by atoms with Crippen LogP contribution in [0.3, 0.4) is 0 Å². The number of ether oxygens (including phenoxy) is 4. The number of methoxy groups -OCH3 is 4. The summed E-state index contributed by atoms with van der Waals surface area (Å²) in [5, 5.41) is 0. The molecule has 0 aliphatic heterocycles. The van der Waals surface area contributed by atoms with Gasteiger partial charge in [0.1, 0.15) is 10.8 Å². The molecule has 10 heteroatoms. The van der Waals surface area contributed by atoms with Gasteiger partial charge in [0.25, 0.3) is 0 Å². The van der Waals surface area contributed by atoms with E-state index in [2.05, 4.69) is 13.8 Å². The molecule has 0 aromatic heterocycles. The lowest BCUT2D eigenvalue weighted by molar-refractivity contribution is -0.145. The van der Waals surface area contributed by atoms with Gasteiger partial charge < -0.3 is 18.9 Å². The van der Waals surface area contributed by atoms with Crippen molar-refractivity contribution in [3.05, 3.63) is 0 Å². The molecule has 0 radical (unpaired) electrons. The van der Waals surface area contributed by atoms with Gasteiger partial charge >= 0.3 is 0 Å². The topological polar surface area (TPSA) is 36.9 Å². The molecule has 0 unspecified atom stereocenters. The van der Waals surface area contributed by atoms with Crippen LogP contribution in [0.5, 0.6) is 0 Å². The zero-order valence-electron chi connectivity index (χ0n) is 17.3. The van der Waals surface area contributed by atoms with Gasteiger partial charge in [0.2, 0.25) is 0 Å². The van der Waals surface area contributed by atoms with Crippen LogP contribution in [0.2, 0.25) is 12.1 Å². The van der Waals surface area contributed by atoms with E-state index in [-0.39, 0.29) is 29.9 Å². The van der Waals surface area contributed by atoms with Gasteiger partial charge in [-0.1, -0.05) is 60.4 Å². The first kappa shape index (κ1) is 27.7. The van der Waals surface area contributed by atoms with E-state index in [1.54, 1.807) is 28.4 Å². The van der Waals surface area contributed by atoms with Crippen LogP contribution < -0.4 is 0 Å². The highest BCUT2D eigenvalue weighted by Gasteiger charge is 2.29. The first-order valence-electron chi connectivity index (χ1n) is 9.36. The Bertz CT molecular complexity index is 293. The zero-order chi connectivity index (χ0) is 19.7. The molecular weight excluding hydrogens is 441 g/mol. The molecule has 0 rings (SSSR count). The maximum atomic E-state index is 5.71. The van der Waals surface area contributed by atoms with Gasteiger partial charge in [0.05, 0.1) is 19.0 Å². The average Bonchev–Trinajstić information content (AvgIpc) is 2.69. The Balaban J connectivity index is 3.92. The lowest BCUT2D eigenvalue weighted by Gasteiger charge is -2.31. The molecule has 0 aliphatic rings. The Morgan fingerprint density at radius 2 is 1.00 bits per heavy atom. The minimum absolute atomic E-state index is 0.276. The Hall–Kier alpha value is 1.67. The molecule has 158 valence electrons. The van der Waals surface area contributed by atoms with E-state index in [1.807, 2.05) is 41.2 Å². The summed E-state index contributed by atoms with van der Waals surface area (Å²) in [7, 11) is 13.9. The second kappa shape index (κ2) is 17.5. The van der Waals surface area contributed by atoms with Gasteiger partial charge in [-0.05, 0) is 19.7 Å². The minimum atomic E-state index is -0.361. The van der Waals surface area contributed by atoms with Crippen LogP contribution in [0.4, 0.5) is 0 Å². The summed E-state index contributed by atoms with van der Waals surface area (Å²) in [6.07, 6.45) is 4.41. The molecule has 0 saturated heterocycles. The van der Waals surface area contributed by atoms with E-state index in [1.165, 1.54) is 24.9 Å². The van der Waals surface area contributed by atoms with Crippen molar-refractivity contribution in [2.45, 2.75) is 62.4 Å². The van der Waals surface area contributed by atoms with Crippen molar-refractivity contribution < 1.29 is 18.9 Å². The minimum Gasteiger partial charge on any atom is -0.358 e. The molecule has 0 amide bonds. The normalized spacial score (nSPS) is 13.6. The maximum Gasteiger partial charge on any atom is 0.145 e. The molecule has 0 aliphatic carbocycles. The van der Waals surface area contributed by atoms with Crippen LogP contribution in [0.25, 0.3) is 0 Å². The fourth-order valence-corrected chi connectivity index (χ4v) is 12.8. The quantitative estimate of drug-likeness (QED) is 0.117. The molecule has 0 bridgehead atoms. The van der Waals surface area contributed by atoms with Crippen molar-refractivity contribution in [1.82, 2.24) is 0 Å². The molecule has 0 spiro atoms. The van der Waals surface area contributed by atoms with E-state index >= 15 is 0 Å². The predicted octanol–water partition coefficient (Wildman–Crippen LogP) is 4.33. The van der Waals surface area contributed by atoms with Gasteiger partial charge in [-0.3, -0.25) is 0 Å². The molecule has 0 saturated carbocycles. The summed E-state index contributed by atoms with van der Waals surface area (Å²) in [5.74, 6) is 2.11. The number of rotatable bonds is 19. The van der Waals surface area contributed by atoms with E-state index in [0.717, 1.165) is 24.3 Å². The predicted molar refractivity (Wildman–Crippen MR) is 130 cm³/mol. The molecule has 0 heterocycles. The summed E-state index contributed by atoms with van der Waals surface area (Å²) < 4.78 is 22.8. The third-order valence-corrected chi connectivity index (χ3v) is 16.5. The highest BCUT2D eigenvalue weighted by Crippen LogP contribution is 2.44. The molecule has 0 N–H and O–H groups in total.